The number of benzene rings is 2. The van der Waals surface area contributed by atoms with E-state index in [9.17, 15) is 9.59 Å². The predicted octanol–water partition coefficient (Wildman–Crippen LogP) is 4.55. The van der Waals surface area contributed by atoms with Crippen LogP contribution in [0.1, 0.15) is 55.2 Å². The molecule has 2 aliphatic rings. The fourth-order valence-corrected chi connectivity index (χ4v) is 5.06. The molecular formula is C25H27ClN4O2. The summed E-state index contributed by atoms with van der Waals surface area (Å²) < 4.78 is 1.90. The molecule has 0 spiro atoms. The summed E-state index contributed by atoms with van der Waals surface area (Å²) in [5, 5.41) is 3.90. The first-order valence-electron chi connectivity index (χ1n) is 11.3. The van der Waals surface area contributed by atoms with Gasteiger partial charge in [-0.25, -0.2) is 4.98 Å². The lowest BCUT2D eigenvalue weighted by Crippen LogP contribution is -2.64. The highest BCUT2D eigenvalue weighted by Crippen LogP contribution is 2.32. The van der Waals surface area contributed by atoms with Crippen molar-refractivity contribution in [2.24, 2.45) is 0 Å². The number of carbonyl (C=O) groups excluding carboxylic acids is 2. The van der Waals surface area contributed by atoms with Crippen molar-refractivity contribution in [2.45, 2.75) is 63.7 Å². The summed E-state index contributed by atoms with van der Waals surface area (Å²) in [7, 11) is 0. The Morgan fingerprint density at radius 3 is 2.59 bits per heavy atom. The molecule has 1 aromatic heterocycles. The molecule has 7 heteroatoms. The zero-order chi connectivity index (χ0) is 22.3. The average molecular weight is 451 g/mol. The number of nitrogens with one attached hydrogen (secondary N) is 1. The molecule has 2 aromatic carbocycles. The summed E-state index contributed by atoms with van der Waals surface area (Å²) in [6.07, 6.45) is 5.46. The van der Waals surface area contributed by atoms with Gasteiger partial charge in [0.15, 0.2) is 5.82 Å². The van der Waals surface area contributed by atoms with E-state index in [1.165, 1.54) is 6.42 Å². The van der Waals surface area contributed by atoms with E-state index in [4.69, 9.17) is 11.6 Å². The Balaban J connectivity index is 1.54. The van der Waals surface area contributed by atoms with Crippen molar-refractivity contribution in [2.75, 3.05) is 0 Å². The molecule has 2 heterocycles. The van der Waals surface area contributed by atoms with Crippen molar-refractivity contribution in [1.29, 1.82) is 0 Å². The lowest BCUT2D eigenvalue weighted by molar-refractivity contribution is -0.134. The number of hydrogen-bond acceptors (Lipinski definition) is 3. The van der Waals surface area contributed by atoms with E-state index in [0.717, 1.165) is 42.3 Å². The van der Waals surface area contributed by atoms with Gasteiger partial charge >= 0.3 is 0 Å². The molecule has 5 rings (SSSR count). The maximum Gasteiger partial charge on any atom is 0.291 e. The summed E-state index contributed by atoms with van der Waals surface area (Å²) in [5.74, 6) is 0.0435. The Hall–Kier alpha value is -2.86. The zero-order valence-electron chi connectivity index (χ0n) is 18.2. The smallest absolute Gasteiger partial charge is 0.291 e. The Labute approximate surface area is 192 Å². The molecule has 1 unspecified atom stereocenters. The molecule has 1 saturated carbocycles. The molecule has 6 nitrogen and oxygen atoms in total. The molecule has 1 fully saturated rings. The second-order valence-corrected chi connectivity index (χ2v) is 9.55. The largest absolute Gasteiger partial charge is 0.351 e. The number of amides is 2. The van der Waals surface area contributed by atoms with Crippen LogP contribution in [-0.2, 0) is 17.9 Å². The predicted molar refractivity (Wildman–Crippen MR) is 124 cm³/mol. The minimum absolute atomic E-state index is 0.102. The Morgan fingerprint density at radius 2 is 1.84 bits per heavy atom. The number of imidazole rings is 1. The summed E-state index contributed by atoms with van der Waals surface area (Å²) in [6.45, 7) is 2.55. The quantitative estimate of drug-likeness (QED) is 0.633. The molecule has 1 atom stereocenters. The van der Waals surface area contributed by atoms with Gasteiger partial charge < -0.3 is 14.8 Å². The Bertz CT molecular complexity index is 1170. The van der Waals surface area contributed by atoms with E-state index in [-0.39, 0.29) is 17.9 Å². The second-order valence-electron chi connectivity index (χ2n) is 9.11. The fraction of sp³-hybridized carbons (Fsp3) is 0.400. The summed E-state index contributed by atoms with van der Waals surface area (Å²) in [5.41, 5.74) is 1.52. The normalized spacial score (nSPS) is 21.6. The molecule has 0 bridgehead atoms. The third-order valence-corrected chi connectivity index (χ3v) is 7.09. The van der Waals surface area contributed by atoms with Crippen LogP contribution in [0.25, 0.3) is 11.0 Å². The monoisotopic (exact) mass is 450 g/mol. The first-order chi connectivity index (χ1) is 15.5. The molecule has 2 amide bonds. The van der Waals surface area contributed by atoms with Crippen molar-refractivity contribution >= 4 is 34.4 Å². The van der Waals surface area contributed by atoms with Gasteiger partial charge in [-0.1, -0.05) is 55.1 Å². The highest BCUT2D eigenvalue weighted by molar-refractivity contribution is 6.30. The molecule has 0 radical (unpaired) electrons. The van der Waals surface area contributed by atoms with Crippen LogP contribution in [0.4, 0.5) is 0 Å². The van der Waals surface area contributed by atoms with E-state index >= 15 is 0 Å². The van der Waals surface area contributed by atoms with Crippen molar-refractivity contribution in [3.63, 3.8) is 0 Å². The van der Waals surface area contributed by atoms with Gasteiger partial charge in [0, 0.05) is 17.6 Å². The van der Waals surface area contributed by atoms with Gasteiger partial charge in [-0.3, -0.25) is 9.59 Å². The number of para-hydroxylation sites is 2. The third-order valence-electron chi connectivity index (χ3n) is 6.84. The van der Waals surface area contributed by atoms with Crippen LogP contribution < -0.4 is 5.32 Å². The van der Waals surface area contributed by atoms with Gasteiger partial charge in [-0.15, -0.1) is 0 Å². The van der Waals surface area contributed by atoms with Crippen LogP contribution in [0, 0.1) is 0 Å². The van der Waals surface area contributed by atoms with Gasteiger partial charge in [0.1, 0.15) is 5.54 Å². The Morgan fingerprint density at radius 1 is 1.12 bits per heavy atom. The summed E-state index contributed by atoms with van der Waals surface area (Å²) in [4.78, 5) is 33.7. The van der Waals surface area contributed by atoms with Gasteiger partial charge in [0.05, 0.1) is 17.6 Å². The molecule has 0 saturated heterocycles. The number of hydrogen-bond donors (Lipinski definition) is 1. The molecule has 32 heavy (non-hydrogen) atoms. The van der Waals surface area contributed by atoms with Crippen molar-refractivity contribution < 1.29 is 9.59 Å². The highest BCUT2D eigenvalue weighted by Gasteiger charge is 2.48. The standard InChI is InChI=1S/C25H27ClN4O2/c1-25(24(32)27-19-7-3-2-4-8-19)16-29-21-10-6-5-9-20(21)28-22(29)23(31)30(25)15-17-11-13-18(26)14-12-17/h5-6,9-14,19H,2-4,7-8,15-16H2,1H3,(H,27,32). The zero-order valence-corrected chi connectivity index (χ0v) is 18.9. The van der Waals surface area contributed by atoms with Gasteiger partial charge in [0.25, 0.3) is 5.91 Å². The average Bonchev–Trinajstić information content (AvgIpc) is 3.17. The lowest BCUT2D eigenvalue weighted by atomic mass is 9.91. The molecular weight excluding hydrogens is 424 g/mol. The van der Waals surface area contributed by atoms with E-state index in [0.29, 0.717) is 23.9 Å². The number of aromatic nitrogens is 2. The summed E-state index contributed by atoms with van der Waals surface area (Å²) in [6, 6.07) is 15.3. The van der Waals surface area contributed by atoms with Crippen molar-refractivity contribution in [3.05, 3.63) is 64.9 Å². The topological polar surface area (TPSA) is 67.2 Å². The SMILES string of the molecule is CC1(C(=O)NC2CCCCC2)Cn2c(nc3ccccc32)C(=O)N1Cc1ccc(Cl)cc1. The van der Waals surface area contributed by atoms with Crippen LogP contribution in [0.2, 0.25) is 5.02 Å². The van der Waals surface area contributed by atoms with E-state index < -0.39 is 5.54 Å². The van der Waals surface area contributed by atoms with Gasteiger partial charge in [-0.05, 0) is 49.6 Å². The number of halogens is 1. The van der Waals surface area contributed by atoms with Gasteiger partial charge in [0.2, 0.25) is 5.91 Å². The minimum Gasteiger partial charge on any atom is -0.351 e. The molecule has 3 aromatic rings. The van der Waals surface area contributed by atoms with E-state index in [1.807, 2.05) is 47.9 Å². The Kier molecular flexibility index (Phi) is 5.41. The van der Waals surface area contributed by atoms with Crippen LogP contribution in [0.15, 0.2) is 48.5 Å². The number of fused-ring (bicyclic) bond motifs is 3. The number of rotatable bonds is 4. The lowest BCUT2D eigenvalue weighted by Gasteiger charge is -2.44. The maximum absolute atomic E-state index is 13.7. The number of nitrogens with zero attached hydrogens (tertiary/aromatic N) is 3. The van der Waals surface area contributed by atoms with Crippen molar-refractivity contribution in [1.82, 2.24) is 19.8 Å². The molecule has 1 N–H and O–H groups in total. The molecule has 1 aliphatic heterocycles. The maximum atomic E-state index is 13.7. The van der Waals surface area contributed by atoms with Crippen molar-refractivity contribution in [3.8, 4) is 0 Å². The minimum atomic E-state index is -1.04. The first-order valence-corrected chi connectivity index (χ1v) is 11.7. The van der Waals surface area contributed by atoms with Crippen LogP contribution >= 0.6 is 11.6 Å². The van der Waals surface area contributed by atoms with E-state index in [1.54, 1.807) is 17.0 Å². The van der Waals surface area contributed by atoms with Crippen LogP contribution in [0.5, 0.6) is 0 Å². The third kappa shape index (κ3) is 3.66. The first kappa shape index (κ1) is 21.0. The number of carbonyl (C=O) groups is 2. The second kappa shape index (κ2) is 8.24. The molecule has 1 aliphatic carbocycles. The summed E-state index contributed by atoms with van der Waals surface area (Å²) >= 11 is 6.05. The van der Waals surface area contributed by atoms with Crippen LogP contribution in [0.3, 0.4) is 0 Å². The highest BCUT2D eigenvalue weighted by atomic mass is 35.5. The molecule has 166 valence electrons. The fourth-order valence-electron chi connectivity index (χ4n) is 4.94. The van der Waals surface area contributed by atoms with Gasteiger partial charge in [-0.2, -0.15) is 0 Å². The van der Waals surface area contributed by atoms with E-state index in [2.05, 4.69) is 10.3 Å². The van der Waals surface area contributed by atoms with Crippen LogP contribution in [-0.4, -0.2) is 37.8 Å².